The summed E-state index contributed by atoms with van der Waals surface area (Å²) in [6.07, 6.45) is 4.96. The third-order valence-corrected chi connectivity index (χ3v) is 2.90. The molecule has 0 bridgehead atoms. The van der Waals surface area contributed by atoms with Crippen LogP contribution in [0.5, 0.6) is 0 Å². The monoisotopic (exact) mass is 209 g/mol. The van der Waals surface area contributed by atoms with Crippen LogP contribution < -0.4 is 5.32 Å². The van der Waals surface area contributed by atoms with Crippen LogP contribution in [0.3, 0.4) is 0 Å². The lowest BCUT2D eigenvalue weighted by Gasteiger charge is -2.22. The van der Waals surface area contributed by atoms with Gasteiger partial charge in [-0.2, -0.15) is 5.10 Å². The van der Waals surface area contributed by atoms with Crippen LogP contribution in [-0.2, 0) is 6.54 Å². The summed E-state index contributed by atoms with van der Waals surface area (Å²) in [5.74, 6) is 0.692. The van der Waals surface area contributed by atoms with Gasteiger partial charge in [0.05, 0.1) is 0 Å². The fourth-order valence-electron chi connectivity index (χ4n) is 1.48. The van der Waals surface area contributed by atoms with E-state index >= 15 is 0 Å². The molecule has 0 aliphatic heterocycles. The quantitative estimate of drug-likeness (QED) is 0.779. The minimum atomic E-state index is 0.548. The van der Waals surface area contributed by atoms with Crippen molar-refractivity contribution in [1.29, 1.82) is 0 Å². The first-order valence-electron chi connectivity index (χ1n) is 5.83. The molecule has 3 heteroatoms. The van der Waals surface area contributed by atoms with Gasteiger partial charge in [-0.15, -0.1) is 0 Å². The van der Waals surface area contributed by atoms with Crippen LogP contribution in [0.15, 0.2) is 18.5 Å². The molecule has 0 amide bonds. The first kappa shape index (κ1) is 12.2. The first-order chi connectivity index (χ1) is 7.09. The fraction of sp³-hybridized carbons (Fsp3) is 0.750. The summed E-state index contributed by atoms with van der Waals surface area (Å²) in [4.78, 5) is 0. The van der Waals surface area contributed by atoms with Gasteiger partial charge >= 0.3 is 0 Å². The Labute approximate surface area is 92.9 Å². The van der Waals surface area contributed by atoms with E-state index < -0.39 is 0 Å². The molecule has 1 heterocycles. The Kier molecular flexibility index (Phi) is 4.82. The maximum absolute atomic E-state index is 4.19. The van der Waals surface area contributed by atoms with Crippen LogP contribution in [-0.4, -0.2) is 21.9 Å². The zero-order valence-electron chi connectivity index (χ0n) is 10.3. The summed E-state index contributed by atoms with van der Waals surface area (Å²) in [7, 11) is 0. The van der Waals surface area contributed by atoms with Crippen molar-refractivity contribution in [1.82, 2.24) is 15.1 Å². The van der Waals surface area contributed by atoms with Crippen LogP contribution in [0.1, 0.15) is 34.1 Å². The van der Waals surface area contributed by atoms with Gasteiger partial charge in [-0.05, 0) is 32.3 Å². The highest BCUT2D eigenvalue weighted by molar-refractivity contribution is 4.78. The van der Waals surface area contributed by atoms with Crippen LogP contribution in [0, 0.1) is 5.92 Å². The highest BCUT2D eigenvalue weighted by atomic mass is 15.3. The van der Waals surface area contributed by atoms with Gasteiger partial charge in [0.15, 0.2) is 0 Å². The average molecular weight is 209 g/mol. The third kappa shape index (κ3) is 4.47. The second-order valence-electron chi connectivity index (χ2n) is 4.66. The molecule has 3 nitrogen and oxygen atoms in total. The molecule has 2 unspecified atom stereocenters. The third-order valence-electron chi connectivity index (χ3n) is 2.90. The van der Waals surface area contributed by atoms with Crippen LogP contribution >= 0.6 is 0 Å². The molecule has 2 atom stereocenters. The van der Waals surface area contributed by atoms with E-state index in [-0.39, 0.29) is 0 Å². The van der Waals surface area contributed by atoms with Crippen molar-refractivity contribution in [2.45, 2.75) is 52.7 Å². The largest absolute Gasteiger partial charge is 0.311 e. The number of nitrogens with one attached hydrogen (secondary N) is 1. The molecular weight excluding hydrogens is 186 g/mol. The minimum Gasteiger partial charge on any atom is -0.311 e. The Morgan fingerprint density at radius 3 is 2.53 bits per heavy atom. The van der Waals surface area contributed by atoms with E-state index in [4.69, 9.17) is 0 Å². The van der Waals surface area contributed by atoms with Crippen LogP contribution in [0.4, 0.5) is 0 Å². The van der Waals surface area contributed by atoms with Crippen molar-refractivity contribution >= 4 is 0 Å². The summed E-state index contributed by atoms with van der Waals surface area (Å²) in [5.41, 5.74) is 0. The normalized spacial score (nSPS) is 15.5. The molecule has 0 aliphatic rings. The van der Waals surface area contributed by atoms with Gasteiger partial charge in [0.2, 0.25) is 0 Å². The molecular formula is C12H23N3. The number of aromatic nitrogens is 2. The van der Waals surface area contributed by atoms with E-state index in [1.807, 2.05) is 23.1 Å². The summed E-state index contributed by atoms with van der Waals surface area (Å²) < 4.78 is 1.98. The highest BCUT2D eigenvalue weighted by Gasteiger charge is 2.10. The van der Waals surface area contributed by atoms with Crippen LogP contribution in [0.25, 0.3) is 0 Å². The summed E-state index contributed by atoms with van der Waals surface area (Å²) in [6.45, 7) is 9.97. The zero-order chi connectivity index (χ0) is 11.3. The molecule has 0 saturated heterocycles. The van der Waals surface area contributed by atoms with E-state index in [2.05, 4.69) is 38.1 Å². The van der Waals surface area contributed by atoms with Crippen molar-refractivity contribution in [3.8, 4) is 0 Å². The van der Waals surface area contributed by atoms with Crippen molar-refractivity contribution in [2.24, 2.45) is 5.92 Å². The number of rotatable bonds is 6. The number of hydrogen-bond acceptors (Lipinski definition) is 2. The van der Waals surface area contributed by atoms with Crippen molar-refractivity contribution in [3.63, 3.8) is 0 Å². The zero-order valence-corrected chi connectivity index (χ0v) is 10.3. The van der Waals surface area contributed by atoms with E-state index in [9.17, 15) is 0 Å². The van der Waals surface area contributed by atoms with Gasteiger partial charge in [0, 0.05) is 31.0 Å². The van der Waals surface area contributed by atoms with Crippen molar-refractivity contribution in [3.05, 3.63) is 18.5 Å². The SMILES string of the molecule is CC(CCn1cccn1)NC(C)C(C)C. The Morgan fingerprint density at radius 1 is 1.27 bits per heavy atom. The molecule has 1 N–H and O–H groups in total. The maximum Gasteiger partial charge on any atom is 0.0489 e. The van der Waals surface area contributed by atoms with Gasteiger partial charge in [-0.3, -0.25) is 4.68 Å². The second kappa shape index (κ2) is 5.91. The topological polar surface area (TPSA) is 29.9 Å². The van der Waals surface area contributed by atoms with Gasteiger partial charge in [-0.1, -0.05) is 13.8 Å². The lowest BCUT2D eigenvalue weighted by Crippen LogP contribution is -2.38. The summed E-state index contributed by atoms with van der Waals surface area (Å²) in [5, 5.41) is 7.79. The molecule has 15 heavy (non-hydrogen) atoms. The summed E-state index contributed by atoms with van der Waals surface area (Å²) >= 11 is 0. The molecule has 0 radical (unpaired) electrons. The molecule has 0 spiro atoms. The van der Waals surface area contributed by atoms with Crippen molar-refractivity contribution < 1.29 is 0 Å². The Hall–Kier alpha value is -0.830. The summed E-state index contributed by atoms with van der Waals surface area (Å²) in [6, 6.07) is 3.10. The highest BCUT2D eigenvalue weighted by Crippen LogP contribution is 2.03. The molecule has 0 aromatic carbocycles. The lowest BCUT2D eigenvalue weighted by atomic mass is 10.1. The Morgan fingerprint density at radius 2 is 2.00 bits per heavy atom. The van der Waals surface area contributed by atoms with E-state index in [0.29, 0.717) is 18.0 Å². The molecule has 1 aromatic rings. The minimum absolute atomic E-state index is 0.548. The molecule has 86 valence electrons. The lowest BCUT2D eigenvalue weighted by molar-refractivity contribution is 0.359. The van der Waals surface area contributed by atoms with Crippen molar-refractivity contribution in [2.75, 3.05) is 0 Å². The predicted octanol–water partition coefficient (Wildman–Crippen LogP) is 2.30. The maximum atomic E-state index is 4.19. The molecule has 0 fully saturated rings. The standard InChI is InChI=1S/C12H23N3/c1-10(2)12(4)14-11(3)6-9-15-8-5-7-13-15/h5,7-8,10-12,14H,6,9H2,1-4H3. The molecule has 0 aliphatic carbocycles. The molecule has 1 aromatic heterocycles. The Bertz CT molecular complexity index is 254. The van der Waals surface area contributed by atoms with E-state index in [0.717, 1.165) is 13.0 Å². The first-order valence-corrected chi connectivity index (χ1v) is 5.83. The second-order valence-corrected chi connectivity index (χ2v) is 4.66. The Balaban J connectivity index is 2.21. The van der Waals surface area contributed by atoms with Crippen LogP contribution in [0.2, 0.25) is 0 Å². The molecule has 0 saturated carbocycles. The van der Waals surface area contributed by atoms with Gasteiger partial charge in [0.25, 0.3) is 0 Å². The van der Waals surface area contributed by atoms with E-state index in [1.165, 1.54) is 0 Å². The average Bonchev–Trinajstić information content (AvgIpc) is 2.66. The molecule has 1 rings (SSSR count). The fourth-order valence-corrected chi connectivity index (χ4v) is 1.48. The van der Waals surface area contributed by atoms with Gasteiger partial charge < -0.3 is 5.32 Å². The predicted molar refractivity (Wildman–Crippen MR) is 63.7 cm³/mol. The number of aryl methyl sites for hydroxylation is 1. The van der Waals surface area contributed by atoms with E-state index in [1.54, 1.807) is 0 Å². The number of nitrogens with zero attached hydrogens (tertiary/aromatic N) is 2. The van der Waals surface area contributed by atoms with Gasteiger partial charge in [-0.25, -0.2) is 0 Å². The number of hydrogen-bond donors (Lipinski definition) is 1. The van der Waals surface area contributed by atoms with Gasteiger partial charge in [0.1, 0.15) is 0 Å². The smallest absolute Gasteiger partial charge is 0.0489 e.